The van der Waals surface area contributed by atoms with E-state index in [2.05, 4.69) is 21.1 Å². The Balaban J connectivity index is 2.90. The van der Waals surface area contributed by atoms with Gasteiger partial charge < -0.3 is 0 Å². The van der Waals surface area contributed by atoms with Gasteiger partial charge in [0.05, 0.1) is 26.7 Å². The molecule has 0 aliphatic carbocycles. The Morgan fingerprint density at radius 3 is 3.08 bits per heavy atom. The Morgan fingerprint density at radius 2 is 2.38 bits per heavy atom. The summed E-state index contributed by atoms with van der Waals surface area (Å²) in [7, 11) is 0. The number of pyridine rings is 1. The standard InChI is InChI=1S/C8H3BrClN3/c9-13-2-1-6-7(10)5(3-11)4-12-8(6)13/h1-2,4H. The van der Waals surface area contributed by atoms with Crippen LogP contribution in [0, 0.1) is 11.3 Å². The summed E-state index contributed by atoms with van der Waals surface area (Å²) in [6, 6.07) is 3.78. The fourth-order valence-electron chi connectivity index (χ4n) is 1.10. The highest BCUT2D eigenvalue weighted by molar-refractivity contribution is 9.08. The van der Waals surface area contributed by atoms with E-state index in [9.17, 15) is 0 Å². The quantitative estimate of drug-likeness (QED) is 0.727. The fourth-order valence-corrected chi connectivity index (χ4v) is 1.74. The summed E-state index contributed by atoms with van der Waals surface area (Å²) in [6.45, 7) is 0. The molecule has 3 nitrogen and oxygen atoms in total. The van der Waals surface area contributed by atoms with Gasteiger partial charge in [-0.3, -0.25) is 3.59 Å². The van der Waals surface area contributed by atoms with Crippen molar-refractivity contribution in [3.05, 3.63) is 29.0 Å². The van der Waals surface area contributed by atoms with Gasteiger partial charge in [-0.15, -0.1) is 0 Å². The van der Waals surface area contributed by atoms with Gasteiger partial charge in [0.15, 0.2) is 5.65 Å². The van der Waals surface area contributed by atoms with E-state index < -0.39 is 0 Å². The summed E-state index contributed by atoms with van der Waals surface area (Å²) in [5, 5.41) is 9.92. The van der Waals surface area contributed by atoms with Crippen molar-refractivity contribution in [3.8, 4) is 6.07 Å². The first-order chi connectivity index (χ1) is 6.24. The molecule has 0 unspecified atom stereocenters. The molecule has 0 radical (unpaired) electrons. The minimum atomic E-state index is 0.396. The molecular weight excluding hydrogens is 253 g/mol. The summed E-state index contributed by atoms with van der Waals surface area (Å²) in [6.07, 6.45) is 3.24. The van der Waals surface area contributed by atoms with Gasteiger partial charge in [0.1, 0.15) is 6.07 Å². The largest absolute Gasteiger partial charge is 0.267 e. The predicted molar refractivity (Wildman–Crippen MR) is 53.8 cm³/mol. The molecule has 0 aliphatic heterocycles. The van der Waals surface area contributed by atoms with E-state index in [0.717, 1.165) is 5.39 Å². The maximum Gasteiger partial charge on any atom is 0.151 e. The third kappa shape index (κ3) is 1.21. The summed E-state index contributed by atoms with van der Waals surface area (Å²) in [4.78, 5) is 4.08. The maximum absolute atomic E-state index is 8.69. The van der Waals surface area contributed by atoms with Crippen LogP contribution in [-0.2, 0) is 0 Å². The second-order valence-electron chi connectivity index (χ2n) is 2.46. The summed E-state index contributed by atoms with van der Waals surface area (Å²) in [5.74, 6) is 0. The zero-order valence-corrected chi connectivity index (χ0v) is 8.67. The number of nitriles is 1. The first-order valence-electron chi connectivity index (χ1n) is 3.46. The van der Waals surface area contributed by atoms with Crippen LogP contribution in [0.25, 0.3) is 11.0 Å². The molecule has 0 fully saturated rings. The first-order valence-corrected chi connectivity index (χ1v) is 4.54. The number of hydrogen-bond donors (Lipinski definition) is 0. The smallest absolute Gasteiger partial charge is 0.151 e. The van der Waals surface area contributed by atoms with Crippen molar-refractivity contribution in [3.63, 3.8) is 0 Å². The first kappa shape index (κ1) is 8.54. The molecule has 2 aromatic heterocycles. The van der Waals surface area contributed by atoms with Gasteiger partial charge >= 0.3 is 0 Å². The molecule has 0 aliphatic rings. The lowest BCUT2D eigenvalue weighted by molar-refractivity contribution is 1.27. The van der Waals surface area contributed by atoms with E-state index in [1.165, 1.54) is 6.20 Å². The van der Waals surface area contributed by atoms with E-state index in [4.69, 9.17) is 16.9 Å². The molecule has 13 heavy (non-hydrogen) atoms. The SMILES string of the molecule is N#Cc1cnc2c(ccn2Br)c1Cl. The van der Waals surface area contributed by atoms with Crippen molar-refractivity contribution in [1.82, 2.24) is 8.58 Å². The highest BCUT2D eigenvalue weighted by Gasteiger charge is 2.08. The van der Waals surface area contributed by atoms with Gasteiger partial charge in [0, 0.05) is 17.8 Å². The number of fused-ring (bicyclic) bond motifs is 1. The fraction of sp³-hybridized carbons (Fsp3) is 0. The second kappa shape index (κ2) is 3.02. The van der Waals surface area contributed by atoms with Crippen molar-refractivity contribution in [1.29, 1.82) is 5.26 Å². The topological polar surface area (TPSA) is 41.6 Å². The molecule has 0 saturated carbocycles. The predicted octanol–water partition coefficient (Wildman–Crippen LogP) is 2.72. The van der Waals surface area contributed by atoms with Crippen molar-refractivity contribution in [2.75, 3.05) is 0 Å². The van der Waals surface area contributed by atoms with Crippen LogP contribution in [0.15, 0.2) is 18.5 Å². The molecule has 2 heterocycles. The molecule has 0 spiro atoms. The Kier molecular flexibility index (Phi) is 1.98. The second-order valence-corrected chi connectivity index (χ2v) is 3.60. The Morgan fingerprint density at radius 1 is 1.62 bits per heavy atom. The summed E-state index contributed by atoms with van der Waals surface area (Å²) < 4.78 is 1.68. The van der Waals surface area contributed by atoms with Gasteiger partial charge in [-0.2, -0.15) is 5.26 Å². The lowest BCUT2D eigenvalue weighted by atomic mass is 10.2. The third-order valence-corrected chi connectivity index (χ3v) is 2.70. The van der Waals surface area contributed by atoms with Gasteiger partial charge in [-0.1, -0.05) is 11.6 Å². The van der Waals surface area contributed by atoms with Crippen LogP contribution in [0.1, 0.15) is 5.56 Å². The van der Waals surface area contributed by atoms with Crippen LogP contribution < -0.4 is 0 Å². The molecule has 0 N–H and O–H groups in total. The Bertz CT molecular complexity index is 512. The minimum Gasteiger partial charge on any atom is -0.267 e. The number of halogens is 2. The summed E-state index contributed by atoms with van der Waals surface area (Å²) in [5.41, 5.74) is 1.11. The van der Waals surface area contributed by atoms with Gasteiger partial charge in [0.2, 0.25) is 0 Å². The van der Waals surface area contributed by atoms with Crippen molar-refractivity contribution in [2.24, 2.45) is 0 Å². The van der Waals surface area contributed by atoms with E-state index >= 15 is 0 Å². The van der Waals surface area contributed by atoms with Crippen molar-refractivity contribution in [2.45, 2.75) is 0 Å². The van der Waals surface area contributed by atoms with E-state index in [-0.39, 0.29) is 0 Å². The van der Waals surface area contributed by atoms with E-state index in [1.54, 1.807) is 15.9 Å². The van der Waals surface area contributed by atoms with Crippen LogP contribution in [0.2, 0.25) is 5.02 Å². The van der Waals surface area contributed by atoms with Crippen LogP contribution in [0.5, 0.6) is 0 Å². The molecule has 5 heteroatoms. The molecule has 0 amide bonds. The lowest BCUT2D eigenvalue weighted by Gasteiger charge is -1.96. The molecule has 0 bridgehead atoms. The van der Waals surface area contributed by atoms with Gasteiger partial charge in [-0.05, 0) is 6.07 Å². The average Bonchev–Trinajstić information content (AvgIpc) is 2.50. The molecule has 0 atom stereocenters. The third-order valence-electron chi connectivity index (χ3n) is 1.72. The number of rotatable bonds is 0. The van der Waals surface area contributed by atoms with Crippen LogP contribution >= 0.6 is 27.7 Å². The van der Waals surface area contributed by atoms with Crippen molar-refractivity contribution >= 4 is 38.8 Å². The number of aromatic nitrogens is 2. The van der Waals surface area contributed by atoms with E-state index in [1.807, 2.05) is 6.07 Å². The average molecular weight is 256 g/mol. The normalized spacial score (nSPS) is 10.2. The summed E-state index contributed by atoms with van der Waals surface area (Å²) >= 11 is 9.22. The Labute approximate surface area is 87.9 Å². The van der Waals surface area contributed by atoms with Crippen LogP contribution in [-0.4, -0.2) is 8.58 Å². The van der Waals surface area contributed by atoms with Crippen LogP contribution in [0.4, 0.5) is 0 Å². The Hall–Kier alpha value is -1.05. The monoisotopic (exact) mass is 255 g/mol. The lowest BCUT2D eigenvalue weighted by Crippen LogP contribution is -1.85. The zero-order valence-electron chi connectivity index (χ0n) is 6.33. The van der Waals surface area contributed by atoms with Gasteiger partial charge in [-0.25, -0.2) is 4.98 Å². The molecule has 0 aromatic carbocycles. The maximum atomic E-state index is 8.69. The van der Waals surface area contributed by atoms with E-state index in [0.29, 0.717) is 16.2 Å². The number of nitrogens with zero attached hydrogens (tertiary/aromatic N) is 3. The highest BCUT2D eigenvalue weighted by atomic mass is 79.9. The molecule has 2 rings (SSSR count). The molecule has 2 aromatic rings. The van der Waals surface area contributed by atoms with Crippen molar-refractivity contribution < 1.29 is 0 Å². The molecule has 64 valence electrons. The minimum absolute atomic E-state index is 0.396. The van der Waals surface area contributed by atoms with Gasteiger partial charge in [0.25, 0.3) is 0 Å². The zero-order chi connectivity index (χ0) is 9.42. The molecule has 0 saturated heterocycles. The number of hydrogen-bond acceptors (Lipinski definition) is 2. The highest BCUT2D eigenvalue weighted by Crippen LogP contribution is 2.26. The molecular formula is C8H3BrClN3. The van der Waals surface area contributed by atoms with Crippen LogP contribution in [0.3, 0.4) is 0 Å².